The third-order valence-corrected chi connectivity index (χ3v) is 2.97. The molecule has 0 aliphatic rings. The van der Waals surface area contributed by atoms with Crippen LogP contribution in [0.15, 0.2) is 32.7 Å². The highest BCUT2D eigenvalue weighted by atomic mass is 32.2. The van der Waals surface area contributed by atoms with E-state index in [9.17, 15) is 0 Å². The molecule has 5 nitrogen and oxygen atoms in total. The second-order valence-electron chi connectivity index (χ2n) is 3.29. The Balaban J connectivity index is 2.30. The lowest BCUT2D eigenvalue weighted by molar-refractivity contribution is 0.281. The van der Waals surface area contributed by atoms with Gasteiger partial charge in [0.2, 0.25) is 5.89 Å². The number of aromatic nitrogens is 2. The zero-order chi connectivity index (χ0) is 12.3. The maximum Gasteiger partial charge on any atom is 0.281 e. The summed E-state index contributed by atoms with van der Waals surface area (Å²) in [6.45, 7) is 1.62. The summed E-state index contributed by atoms with van der Waals surface area (Å²) in [4.78, 5) is 0.730. The van der Waals surface area contributed by atoms with Crippen molar-refractivity contribution in [3.63, 3.8) is 0 Å². The zero-order valence-electron chi connectivity index (χ0n) is 9.04. The molecule has 0 radical (unpaired) electrons. The molecule has 2 aromatic rings. The second kappa shape index (κ2) is 4.99. The van der Waals surface area contributed by atoms with Crippen molar-refractivity contribution in [2.75, 3.05) is 0 Å². The summed E-state index contributed by atoms with van der Waals surface area (Å²) >= 11 is 1.23. The van der Waals surface area contributed by atoms with Gasteiger partial charge in [0.25, 0.3) is 5.22 Å². The maximum atomic E-state index is 9.01. The molecule has 0 aliphatic heterocycles. The first kappa shape index (κ1) is 11.6. The van der Waals surface area contributed by atoms with Gasteiger partial charge in [-0.25, -0.2) is 0 Å². The number of nitriles is 1. The topological polar surface area (TPSA) is 82.9 Å². The van der Waals surface area contributed by atoms with Crippen molar-refractivity contribution in [2.24, 2.45) is 0 Å². The highest BCUT2D eigenvalue weighted by molar-refractivity contribution is 7.99. The van der Waals surface area contributed by atoms with E-state index < -0.39 is 0 Å². The van der Waals surface area contributed by atoms with Gasteiger partial charge in [0, 0.05) is 11.8 Å². The van der Waals surface area contributed by atoms with Crippen LogP contribution in [-0.2, 0) is 6.61 Å². The van der Waals surface area contributed by atoms with Crippen molar-refractivity contribution >= 4 is 11.8 Å². The van der Waals surface area contributed by atoms with Gasteiger partial charge in [0.05, 0.1) is 12.2 Å². The molecule has 6 heteroatoms. The van der Waals surface area contributed by atoms with Crippen LogP contribution in [0, 0.1) is 18.3 Å². The molecule has 0 amide bonds. The molecule has 0 aliphatic carbocycles. The number of aliphatic hydroxyl groups excluding tert-OH is 1. The molecule has 86 valence electrons. The Bertz CT molecular complexity index is 574. The molecule has 1 heterocycles. The van der Waals surface area contributed by atoms with Crippen LogP contribution in [0.5, 0.6) is 0 Å². The van der Waals surface area contributed by atoms with E-state index in [-0.39, 0.29) is 6.61 Å². The molecule has 1 aromatic heterocycles. The van der Waals surface area contributed by atoms with Gasteiger partial charge in [-0.1, -0.05) is 6.07 Å². The number of aryl methyl sites for hydroxylation is 1. The van der Waals surface area contributed by atoms with E-state index in [1.165, 1.54) is 11.8 Å². The summed E-state index contributed by atoms with van der Waals surface area (Å²) in [7, 11) is 0. The molecule has 0 atom stereocenters. The van der Waals surface area contributed by atoms with Gasteiger partial charge < -0.3 is 9.52 Å². The summed E-state index contributed by atoms with van der Waals surface area (Å²) in [6, 6.07) is 7.23. The van der Waals surface area contributed by atoms with E-state index in [0.717, 1.165) is 4.90 Å². The Morgan fingerprint density at radius 1 is 1.47 bits per heavy atom. The molecule has 0 spiro atoms. The minimum atomic E-state index is -0.0840. The van der Waals surface area contributed by atoms with Crippen molar-refractivity contribution in [3.8, 4) is 6.07 Å². The van der Waals surface area contributed by atoms with E-state index in [1.807, 2.05) is 0 Å². The minimum absolute atomic E-state index is 0.0840. The van der Waals surface area contributed by atoms with E-state index in [1.54, 1.807) is 25.1 Å². The monoisotopic (exact) mass is 247 g/mol. The van der Waals surface area contributed by atoms with Crippen LogP contribution in [0.1, 0.15) is 17.0 Å². The predicted octanol–water partition coefficient (Wildman–Crippen LogP) is 1.89. The van der Waals surface area contributed by atoms with Crippen molar-refractivity contribution in [3.05, 3.63) is 35.2 Å². The van der Waals surface area contributed by atoms with Crippen LogP contribution in [0.4, 0.5) is 0 Å². The van der Waals surface area contributed by atoms with Crippen LogP contribution in [0.25, 0.3) is 0 Å². The summed E-state index contributed by atoms with van der Waals surface area (Å²) < 4.78 is 5.23. The Kier molecular flexibility index (Phi) is 3.42. The van der Waals surface area contributed by atoms with Crippen LogP contribution < -0.4 is 0 Å². The molecule has 0 fully saturated rings. The first-order valence-electron chi connectivity index (χ1n) is 4.85. The summed E-state index contributed by atoms with van der Waals surface area (Å²) in [5, 5.41) is 26.0. The number of hydrogen-bond donors (Lipinski definition) is 1. The number of aliphatic hydroxyl groups is 1. The fourth-order valence-corrected chi connectivity index (χ4v) is 2.05. The number of benzene rings is 1. The number of nitrogens with zero attached hydrogens (tertiary/aromatic N) is 3. The van der Waals surface area contributed by atoms with Gasteiger partial charge in [-0.15, -0.1) is 10.2 Å². The zero-order valence-corrected chi connectivity index (χ0v) is 9.86. The van der Waals surface area contributed by atoms with Crippen LogP contribution >= 0.6 is 11.8 Å². The molecule has 0 saturated carbocycles. The van der Waals surface area contributed by atoms with Crippen LogP contribution in [-0.4, -0.2) is 15.3 Å². The molecule has 0 unspecified atom stereocenters. The molecule has 0 saturated heterocycles. The Labute approximate surface area is 102 Å². The Morgan fingerprint density at radius 3 is 2.88 bits per heavy atom. The molecule has 0 bridgehead atoms. The first-order chi connectivity index (χ1) is 8.22. The van der Waals surface area contributed by atoms with Crippen molar-refractivity contribution < 1.29 is 9.52 Å². The van der Waals surface area contributed by atoms with Gasteiger partial charge in [0.15, 0.2) is 0 Å². The molecular weight excluding hydrogens is 238 g/mol. The minimum Gasteiger partial charge on any atom is -0.416 e. The van der Waals surface area contributed by atoms with Crippen LogP contribution in [0.2, 0.25) is 0 Å². The molecule has 17 heavy (non-hydrogen) atoms. The molecule has 2 rings (SSSR count). The predicted molar refractivity (Wildman–Crippen MR) is 60.2 cm³/mol. The van der Waals surface area contributed by atoms with Gasteiger partial charge in [0.1, 0.15) is 6.07 Å². The van der Waals surface area contributed by atoms with Gasteiger partial charge >= 0.3 is 0 Å². The highest BCUT2D eigenvalue weighted by Crippen LogP contribution is 2.29. The van der Waals surface area contributed by atoms with Crippen LogP contribution in [0.3, 0.4) is 0 Å². The summed E-state index contributed by atoms with van der Waals surface area (Å²) in [6.07, 6.45) is 0. The van der Waals surface area contributed by atoms with Gasteiger partial charge in [-0.2, -0.15) is 5.26 Å². The normalized spacial score (nSPS) is 10.2. The first-order valence-corrected chi connectivity index (χ1v) is 5.66. The molecule has 1 N–H and O–H groups in total. The van der Waals surface area contributed by atoms with Crippen molar-refractivity contribution in [2.45, 2.75) is 23.6 Å². The smallest absolute Gasteiger partial charge is 0.281 e. The summed E-state index contributed by atoms with van der Waals surface area (Å²) in [5.74, 6) is 0.484. The average Bonchev–Trinajstić information content (AvgIpc) is 2.75. The standard InChI is InChI=1S/C11H9N3O2S/c1-7-13-14-11(16-7)17-10-3-2-8(6-15)4-9(10)5-12/h2-4,15H,6H2,1H3. The van der Waals surface area contributed by atoms with E-state index in [4.69, 9.17) is 14.8 Å². The number of hydrogen-bond acceptors (Lipinski definition) is 6. The SMILES string of the molecule is Cc1nnc(Sc2ccc(CO)cc2C#N)o1. The van der Waals surface area contributed by atoms with Gasteiger partial charge in [-0.3, -0.25) is 0 Å². The third-order valence-electron chi connectivity index (χ3n) is 2.05. The second-order valence-corrected chi connectivity index (χ2v) is 4.28. The van der Waals surface area contributed by atoms with E-state index in [2.05, 4.69) is 16.3 Å². The summed E-state index contributed by atoms with van der Waals surface area (Å²) in [5.41, 5.74) is 1.19. The highest BCUT2D eigenvalue weighted by Gasteiger charge is 2.09. The number of rotatable bonds is 3. The lowest BCUT2D eigenvalue weighted by atomic mass is 10.1. The molecule has 1 aromatic carbocycles. The Hall–Kier alpha value is -1.84. The Morgan fingerprint density at radius 2 is 2.29 bits per heavy atom. The van der Waals surface area contributed by atoms with Gasteiger partial charge in [-0.05, 0) is 29.5 Å². The fourth-order valence-electron chi connectivity index (χ4n) is 1.27. The lowest BCUT2D eigenvalue weighted by Crippen LogP contribution is -1.87. The van der Waals surface area contributed by atoms with Crippen molar-refractivity contribution in [1.82, 2.24) is 10.2 Å². The fraction of sp³-hybridized carbons (Fsp3) is 0.182. The average molecular weight is 247 g/mol. The van der Waals surface area contributed by atoms with E-state index >= 15 is 0 Å². The van der Waals surface area contributed by atoms with Crippen molar-refractivity contribution in [1.29, 1.82) is 5.26 Å². The maximum absolute atomic E-state index is 9.01. The lowest BCUT2D eigenvalue weighted by Gasteiger charge is -2.02. The van der Waals surface area contributed by atoms with E-state index in [0.29, 0.717) is 22.2 Å². The quantitative estimate of drug-likeness (QED) is 0.891. The molecular formula is C11H9N3O2S. The third kappa shape index (κ3) is 2.64. The largest absolute Gasteiger partial charge is 0.416 e.